The number of carbonyl (C=O) groups is 2. The molecule has 1 aromatic rings. The zero-order chi connectivity index (χ0) is 18.6. The Morgan fingerprint density at radius 2 is 1.96 bits per heavy atom. The minimum absolute atomic E-state index is 0.00743. The molecule has 1 saturated carbocycles. The molecule has 2 aliphatic rings. The number of rotatable bonds is 3. The number of hydrogen-bond donors (Lipinski definition) is 2. The molecule has 1 aromatic carbocycles. The number of cyclic esters (lactones) is 1. The third kappa shape index (κ3) is 2.60. The zero-order valence-electron chi connectivity index (χ0n) is 15.3. The lowest BCUT2D eigenvalue weighted by atomic mass is 9.54. The first-order chi connectivity index (χ1) is 11.6. The fourth-order valence-electron chi connectivity index (χ4n) is 4.94. The molecule has 25 heavy (non-hydrogen) atoms. The minimum Gasteiger partial charge on any atom is -0.508 e. The van der Waals surface area contributed by atoms with E-state index in [-0.39, 0.29) is 28.6 Å². The summed E-state index contributed by atoms with van der Waals surface area (Å²) in [5.41, 5.74) is 0.370. The van der Waals surface area contributed by atoms with Crippen LogP contribution in [0.4, 0.5) is 0 Å². The first-order valence-electron chi connectivity index (χ1n) is 8.87. The Labute approximate surface area is 148 Å². The maximum absolute atomic E-state index is 12.5. The van der Waals surface area contributed by atoms with Crippen LogP contribution in [0, 0.1) is 11.3 Å². The quantitative estimate of drug-likeness (QED) is 0.813. The highest BCUT2D eigenvalue weighted by Gasteiger charge is 2.59. The summed E-state index contributed by atoms with van der Waals surface area (Å²) in [4.78, 5) is 24.5. The maximum Gasteiger partial charge on any atom is 0.335 e. The topological polar surface area (TPSA) is 83.8 Å². The number of phenols is 1. The van der Waals surface area contributed by atoms with Gasteiger partial charge in [-0.2, -0.15) is 0 Å². The van der Waals surface area contributed by atoms with Crippen molar-refractivity contribution in [3.8, 4) is 5.75 Å². The van der Waals surface area contributed by atoms with Gasteiger partial charge in [0.2, 0.25) is 0 Å². The second kappa shape index (κ2) is 5.75. The Balaban J connectivity index is 2.22. The second-order valence-corrected chi connectivity index (χ2v) is 8.38. The van der Waals surface area contributed by atoms with Gasteiger partial charge in [0.05, 0.1) is 18.1 Å². The molecule has 0 aromatic heterocycles. The van der Waals surface area contributed by atoms with Gasteiger partial charge in [0.1, 0.15) is 5.75 Å². The fraction of sp³-hybridized carbons (Fsp3) is 0.600. The van der Waals surface area contributed by atoms with Crippen LogP contribution in [0.15, 0.2) is 12.1 Å². The summed E-state index contributed by atoms with van der Waals surface area (Å²) in [6.45, 7) is 8.19. The highest BCUT2D eigenvalue weighted by Crippen LogP contribution is 2.57. The first-order valence-corrected chi connectivity index (χ1v) is 8.87. The van der Waals surface area contributed by atoms with E-state index in [0.717, 1.165) is 12.8 Å². The lowest BCUT2D eigenvalue weighted by Crippen LogP contribution is -2.47. The predicted molar refractivity (Wildman–Crippen MR) is 92.9 cm³/mol. The van der Waals surface area contributed by atoms with Crippen molar-refractivity contribution in [1.82, 2.24) is 0 Å². The average Bonchev–Trinajstić information content (AvgIpc) is 2.83. The minimum atomic E-state index is -1.03. The lowest BCUT2D eigenvalue weighted by molar-refractivity contribution is -0.143. The summed E-state index contributed by atoms with van der Waals surface area (Å²) in [7, 11) is 0. The molecule has 1 aliphatic heterocycles. The summed E-state index contributed by atoms with van der Waals surface area (Å²) in [5, 5.41) is 20.3. The number of carbonyl (C=O) groups excluding carboxylic acids is 1. The second-order valence-electron chi connectivity index (χ2n) is 8.38. The Bertz CT molecular complexity index is 738. The molecule has 5 nitrogen and oxygen atoms in total. The SMILES string of the molecule is CC(C)c1cc(C(=O)O)c([C@@]2(C)CCC[C@@]3(C)COC(=O)[C@@H]32)cc1O. The van der Waals surface area contributed by atoms with E-state index in [1.807, 2.05) is 27.7 Å². The number of aromatic carboxylic acids is 1. The number of fused-ring (bicyclic) bond motifs is 1. The van der Waals surface area contributed by atoms with Crippen molar-refractivity contribution in [2.45, 2.75) is 58.3 Å². The molecule has 3 atom stereocenters. The van der Waals surface area contributed by atoms with Crippen LogP contribution < -0.4 is 0 Å². The monoisotopic (exact) mass is 346 g/mol. The van der Waals surface area contributed by atoms with Crippen molar-refractivity contribution in [3.63, 3.8) is 0 Å². The molecule has 0 amide bonds. The number of phenolic OH excluding ortho intramolecular Hbond substituents is 1. The van der Waals surface area contributed by atoms with Gasteiger partial charge >= 0.3 is 11.9 Å². The van der Waals surface area contributed by atoms with Crippen LogP contribution in [0.1, 0.15) is 74.4 Å². The van der Waals surface area contributed by atoms with E-state index in [2.05, 4.69) is 0 Å². The number of carboxylic acids is 1. The van der Waals surface area contributed by atoms with Crippen LogP contribution in [0.3, 0.4) is 0 Å². The normalized spacial score (nSPS) is 31.7. The van der Waals surface area contributed by atoms with Gasteiger partial charge < -0.3 is 14.9 Å². The smallest absolute Gasteiger partial charge is 0.335 e. The highest BCUT2D eigenvalue weighted by molar-refractivity contribution is 5.91. The third-order valence-electron chi connectivity index (χ3n) is 6.19. The number of carboxylic acid groups (broad SMARTS) is 1. The molecule has 1 saturated heterocycles. The Morgan fingerprint density at radius 1 is 1.28 bits per heavy atom. The van der Waals surface area contributed by atoms with Gasteiger partial charge in [-0.05, 0) is 42.0 Å². The first kappa shape index (κ1) is 17.8. The van der Waals surface area contributed by atoms with Gasteiger partial charge in [-0.3, -0.25) is 4.79 Å². The van der Waals surface area contributed by atoms with Crippen LogP contribution >= 0.6 is 0 Å². The molecule has 1 heterocycles. The van der Waals surface area contributed by atoms with Crippen LogP contribution in [0.5, 0.6) is 5.75 Å². The zero-order valence-corrected chi connectivity index (χ0v) is 15.3. The molecule has 1 aliphatic carbocycles. The molecule has 5 heteroatoms. The van der Waals surface area contributed by atoms with Crippen LogP contribution in [0.2, 0.25) is 0 Å². The van der Waals surface area contributed by atoms with Gasteiger partial charge in [-0.15, -0.1) is 0 Å². The molecular formula is C20H26O5. The summed E-state index contributed by atoms with van der Waals surface area (Å²) in [6, 6.07) is 3.13. The van der Waals surface area contributed by atoms with Crippen molar-refractivity contribution in [3.05, 3.63) is 28.8 Å². The van der Waals surface area contributed by atoms with Crippen molar-refractivity contribution in [1.29, 1.82) is 0 Å². The molecule has 136 valence electrons. The summed E-state index contributed by atoms with van der Waals surface area (Å²) >= 11 is 0. The number of aromatic hydroxyl groups is 1. The van der Waals surface area contributed by atoms with Crippen molar-refractivity contribution in [2.24, 2.45) is 11.3 Å². The van der Waals surface area contributed by atoms with E-state index < -0.39 is 17.3 Å². The van der Waals surface area contributed by atoms with Crippen LogP contribution in [0.25, 0.3) is 0 Å². The third-order valence-corrected chi connectivity index (χ3v) is 6.19. The predicted octanol–water partition coefficient (Wildman–Crippen LogP) is 3.83. The summed E-state index contributed by atoms with van der Waals surface area (Å²) < 4.78 is 5.36. The lowest BCUT2D eigenvalue weighted by Gasteiger charge is -2.46. The number of hydrogen-bond acceptors (Lipinski definition) is 4. The van der Waals surface area contributed by atoms with Gasteiger partial charge in [0.15, 0.2) is 0 Å². The van der Waals surface area contributed by atoms with Gasteiger partial charge in [0.25, 0.3) is 0 Å². The molecule has 3 rings (SSSR count). The van der Waals surface area contributed by atoms with Gasteiger partial charge in [0, 0.05) is 10.8 Å². The van der Waals surface area contributed by atoms with Crippen molar-refractivity contribution < 1.29 is 24.5 Å². The van der Waals surface area contributed by atoms with E-state index in [1.165, 1.54) is 0 Å². The van der Waals surface area contributed by atoms with E-state index in [9.17, 15) is 19.8 Å². The van der Waals surface area contributed by atoms with Crippen LogP contribution in [-0.2, 0) is 14.9 Å². The van der Waals surface area contributed by atoms with E-state index in [0.29, 0.717) is 24.2 Å². The molecule has 0 radical (unpaired) electrons. The summed E-state index contributed by atoms with van der Waals surface area (Å²) in [5.74, 6) is -1.58. The van der Waals surface area contributed by atoms with Crippen LogP contribution in [-0.4, -0.2) is 28.8 Å². The van der Waals surface area contributed by atoms with E-state index >= 15 is 0 Å². The molecular weight excluding hydrogens is 320 g/mol. The van der Waals surface area contributed by atoms with E-state index in [4.69, 9.17) is 4.74 Å². The number of benzene rings is 1. The van der Waals surface area contributed by atoms with Gasteiger partial charge in [-0.25, -0.2) is 4.79 Å². The van der Waals surface area contributed by atoms with E-state index in [1.54, 1.807) is 12.1 Å². The Kier molecular flexibility index (Phi) is 4.09. The molecule has 0 unspecified atom stereocenters. The number of esters is 1. The molecule has 0 spiro atoms. The Hall–Kier alpha value is -2.04. The average molecular weight is 346 g/mol. The fourth-order valence-corrected chi connectivity index (χ4v) is 4.94. The van der Waals surface area contributed by atoms with Crippen molar-refractivity contribution >= 4 is 11.9 Å². The number of ether oxygens (including phenoxy) is 1. The highest BCUT2D eigenvalue weighted by atomic mass is 16.5. The standard InChI is InChI=1S/C20H26O5/c1-11(2)12-8-13(17(22)23)14(9-15(12)21)20(4)7-5-6-19(3)10-25-18(24)16(19)20/h8-9,11,16,21H,5-7,10H2,1-4H3,(H,22,23)/t16-,19-,20+/m0/s1. The maximum atomic E-state index is 12.5. The molecule has 2 N–H and O–H groups in total. The molecule has 2 fully saturated rings. The van der Waals surface area contributed by atoms with Gasteiger partial charge in [-0.1, -0.05) is 34.1 Å². The molecule has 0 bridgehead atoms. The van der Waals surface area contributed by atoms with Crippen molar-refractivity contribution in [2.75, 3.05) is 6.61 Å². The summed E-state index contributed by atoms with van der Waals surface area (Å²) in [6.07, 6.45) is 2.48. The largest absolute Gasteiger partial charge is 0.508 e. The Morgan fingerprint density at radius 3 is 2.56 bits per heavy atom.